The highest BCUT2D eigenvalue weighted by Gasteiger charge is 2.21. The molecule has 0 aliphatic rings. The van der Waals surface area contributed by atoms with E-state index in [0.717, 1.165) is 32.1 Å². The summed E-state index contributed by atoms with van der Waals surface area (Å²) in [6.45, 7) is 4.09. The van der Waals surface area contributed by atoms with Crippen LogP contribution in [0.1, 0.15) is 181 Å². The molecule has 0 unspecified atom stereocenters. The molecule has 0 fully saturated rings. The molecule has 0 heterocycles. The Labute approximate surface area is 259 Å². The first-order chi connectivity index (χ1) is 20.4. The lowest BCUT2D eigenvalue weighted by atomic mass is 10.0. The lowest BCUT2D eigenvalue weighted by Gasteiger charge is -2.18. The third kappa shape index (κ3) is 33.6. The Balaban J connectivity index is 3.86. The molecule has 7 nitrogen and oxygen atoms in total. The Hall–Kier alpha value is -0.880. The summed E-state index contributed by atoms with van der Waals surface area (Å²) in [5, 5.41) is 0. The lowest BCUT2D eigenvalue weighted by Crippen LogP contribution is -2.27. The first-order valence-corrected chi connectivity index (χ1v) is 19.1. The van der Waals surface area contributed by atoms with Crippen LogP contribution in [0.25, 0.3) is 0 Å². The zero-order chi connectivity index (χ0) is 31.0. The summed E-state index contributed by atoms with van der Waals surface area (Å²) in [7, 11) is -4.65. The van der Waals surface area contributed by atoms with Crippen molar-refractivity contribution in [2.75, 3.05) is 13.2 Å². The van der Waals surface area contributed by atoms with Crippen molar-refractivity contribution < 1.29 is 33.1 Å². The molecule has 2 N–H and O–H groups in total. The zero-order valence-electron chi connectivity index (χ0n) is 27.4. The van der Waals surface area contributed by atoms with Gasteiger partial charge in [-0.2, -0.15) is 0 Å². The minimum atomic E-state index is -4.65. The van der Waals surface area contributed by atoms with Crippen LogP contribution in [0, 0.1) is 0 Å². The number of carbonyl (C=O) groups excluding carboxylic acids is 1. The number of hydrogen-bond acceptors (Lipinski definition) is 5. The maximum Gasteiger partial charge on any atom is 0.469 e. The smallest absolute Gasteiger partial charge is 0.469 e. The number of allylic oxidation sites excluding steroid dienone is 1. The number of carbonyl (C=O) groups is 1. The SMILES string of the molecule is CCCCCCCCCCCCCCCC/C=C\OC[C@H](COP(=O)(O)O)OC(=O)CCCCCCCCCCCC. The first kappa shape index (κ1) is 41.1. The zero-order valence-corrected chi connectivity index (χ0v) is 28.3. The van der Waals surface area contributed by atoms with Crippen LogP contribution in [0.15, 0.2) is 12.3 Å². The fourth-order valence-electron chi connectivity index (χ4n) is 5.05. The Morgan fingerprint density at radius 1 is 0.619 bits per heavy atom. The molecule has 1 atom stereocenters. The molecule has 0 bridgehead atoms. The van der Waals surface area contributed by atoms with E-state index in [1.165, 1.54) is 128 Å². The third-order valence-corrected chi connectivity index (χ3v) is 8.15. The van der Waals surface area contributed by atoms with Gasteiger partial charge in [-0.3, -0.25) is 9.32 Å². The summed E-state index contributed by atoms with van der Waals surface area (Å²) in [5.41, 5.74) is 0. The molecule has 0 spiro atoms. The van der Waals surface area contributed by atoms with Gasteiger partial charge >= 0.3 is 13.8 Å². The van der Waals surface area contributed by atoms with Crippen LogP contribution >= 0.6 is 7.82 Å². The van der Waals surface area contributed by atoms with E-state index in [1.54, 1.807) is 6.26 Å². The molecule has 8 heteroatoms. The van der Waals surface area contributed by atoms with Crippen LogP contribution in [0.3, 0.4) is 0 Å². The Morgan fingerprint density at radius 2 is 1.02 bits per heavy atom. The van der Waals surface area contributed by atoms with Gasteiger partial charge in [-0.1, -0.05) is 155 Å². The molecular weight excluding hydrogens is 551 g/mol. The van der Waals surface area contributed by atoms with Gasteiger partial charge in [0, 0.05) is 6.42 Å². The molecule has 42 heavy (non-hydrogen) atoms. The van der Waals surface area contributed by atoms with Gasteiger partial charge in [0.2, 0.25) is 0 Å². The molecular formula is C34H67O7P. The van der Waals surface area contributed by atoms with Gasteiger partial charge in [0.25, 0.3) is 0 Å². The molecule has 0 radical (unpaired) electrons. The standard InChI is InChI=1S/C34H67O7P/c1-3-5-7-9-11-13-15-16-17-18-19-20-22-24-26-28-30-39-31-33(32-40-42(36,37)38)41-34(35)29-27-25-23-21-14-12-10-8-6-4-2/h28,30,33H,3-27,29,31-32H2,1-2H3,(H2,36,37,38)/b30-28-/t33-/m1/s1. The fraction of sp³-hybridized carbons (Fsp3) is 0.912. The van der Waals surface area contributed by atoms with Crippen molar-refractivity contribution in [3.8, 4) is 0 Å². The molecule has 0 saturated carbocycles. The summed E-state index contributed by atoms with van der Waals surface area (Å²) < 4.78 is 26.6. The second-order valence-corrected chi connectivity index (χ2v) is 13.2. The topological polar surface area (TPSA) is 102 Å². The molecule has 250 valence electrons. The number of phosphoric acid groups is 1. The van der Waals surface area contributed by atoms with Crippen molar-refractivity contribution in [2.24, 2.45) is 0 Å². The summed E-state index contributed by atoms with van der Waals surface area (Å²) in [6.07, 6.45) is 34.4. The number of ether oxygens (including phenoxy) is 2. The minimum absolute atomic E-state index is 0.000981. The van der Waals surface area contributed by atoms with Crippen LogP contribution in [-0.4, -0.2) is 35.1 Å². The fourth-order valence-corrected chi connectivity index (χ4v) is 5.41. The monoisotopic (exact) mass is 618 g/mol. The lowest BCUT2D eigenvalue weighted by molar-refractivity contribution is -0.153. The van der Waals surface area contributed by atoms with Crippen molar-refractivity contribution in [3.05, 3.63) is 12.3 Å². The molecule has 0 amide bonds. The van der Waals surface area contributed by atoms with Gasteiger partial charge < -0.3 is 19.3 Å². The van der Waals surface area contributed by atoms with E-state index in [4.69, 9.17) is 19.3 Å². The van der Waals surface area contributed by atoms with Crippen molar-refractivity contribution in [3.63, 3.8) is 0 Å². The van der Waals surface area contributed by atoms with Crippen molar-refractivity contribution >= 4 is 13.8 Å². The number of unbranched alkanes of at least 4 members (excludes halogenated alkanes) is 23. The van der Waals surface area contributed by atoms with Crippen LogP contribution < -0.4 is 0 Å². The second-order valence-electron chi connectivity index (χ2n) is 11.9. The molecule has 0 aromatic rings. The van der Waals surface area contributed by atoms with Crippen LogP contribution in [0.5, 0.6) is 0 Å². The minimum Gasteiger partial charge on any atom is -0.498 e. The highest BCUT2D eigenvalue weighted by atomic mass is 31.2. The molecule has 0 aliphatic heterocycles. The average Bonchev–Trinajstić information content (AvgIpc) is 2.95. The molecule has 0 aliphatic carbocycles. The van der Waals surface area contributed by atoms with Crippen LogP contribution in [-0.2, 0) is 23.4 Å². The van der Waals surface area contributed by atoms with E-state index >= 15 is 0 Å². The highest BCUT2D eigenvalue weighted by Crippen LogP contribution is 2.35. The van der Waals surface area contributed by atoms with E-state index in [9.17, 15) is 9.36 Å². The van der Waals surface area contributed by atoms with Crippen molar-refractivity contribution in [2.45, 2.75) is 187 Å². The highest BCUT2D eigenvalue weighted by molar-refractivity contribution is 7.46. The van der Waals surface area contributed by atoms with Crippen molar-refractivity contribution in [1.82, 2.24) is 0 Å². The summed E-state index contributed by atoms with van der Waals surface area (Å²) in [6, 6.07) is 0. The largest absolute Gasteiger partial charge is 0.498 e. The predicted octanol–water partition coefficient (Wildman–Crippen LogP) is 10.7. The van der Waals surface area contributed by atoms with Gasteiger partial charge in [-0.25, -0.2) is 4.57 Å². The molecule has 0 aromatic heterocycles. The molecule has 0 rings (SSSR count). The third-order valence-electron chi connectivity index (χ3n) is 7.66. The molecule has 0 aromatic carbocycles. The van der Waals surface area contributed by atoms with Crippen LogP contribution in [0.2, 0.25) is 0 Å². The van der Waals surface area contributed by atoms with Gasteiger partial charge in [0.15, 0.2) is 6.10 Å². The molecule has 0 saturated heterocycles. The maximum absolute atomic E-state index is 12.3. The number of rotatable bonds is 33. The van der Waals surface area contributed by atoms with E-state index < -0.39 is 20.5 Å². The van der Waals surface area contributed by atoms with Gasteiger partial charge in [0.1, 0.15) is 6.61 Å². The Bertz CT molecular complexity index is 650. The van der Waals surface area contributed by atoms with E-state index in [2.05, 4.69) is 18.4 Å². The maximum atomic E-state index is 12.3. The average molecular weight is 619 g/mol. The summed E-state index contributed by atoms with van der Waals surface area (Å²) >= 11 is 0. The van der Waals surface area contributed by atoms with Crippen molar-refractivity contribution in [1.29, 1.82) is 0 Å². The summed E-state index contributed by atoms with van der Waals surface area (Å²) in [5.74, 6) is -0.385. The normalized spacial score (nSPS) is 12.7. The first-order valence-electron chi connectivity index (χ1n) is 17.5. The number of hydrogen-bond donors (Lipinski definition) is 2. The van der Waals surface area contributed by atoms with E-state index in [-0.39, 0.29) is 19.0 Å². The summed E-state index contributed by atoms with van der Waals surface area (Å²) in [4.78, 5) is 30.3. The quantitative estimate of drug-likeness (QED) is 0.0326. The van der Waals surface area contributed by atoms with Gasteiger partial charge in [-0.05, 0) is 25.3 Å². The Kier molecular flexibility index (Phi) is 30.9. The van der Waals surface area contributed by atoms with Gasteiger partial charge in [-0.15, -0.1) is 0 Å². The van der Waals surface area contributed by atoms with E-state index in [0.29, 0.717) is 0 Å². The Morgan fingerprint density at radius 3 is 1.45 bits per heavy atom. The van der Waals surface area contributed by atoms with Gasteiger partial charge in [0.05, 0.1) is 12.9 Å². The van der Waals surface area contributed by atoms with Crippen LogP contribution in [0.4, 0.5) is 0 Å². The number of esters is 1. The predicted molar refractivity (Wildman–Crippen MR) is 174 cm³/mol. The number of phosphoric ester groups is 1. The second kappa shape index (κ2) is 31.5. The van der Waals surface area contributed by atoms with E-state index in [1.807, 2.05) is 6.08 Å².